The summed E-state index contributed by atoms with van der Waals surface area (Å²) in [6.45, 7) is 2.73. The Labute approximate surface area is 127 Å². The maximum Gasteiger partial charge on any atom is 0.163 e. The first-order chi connectivity index (χ1) is 9.60. The molecule has 0 saturated heterocycles. The molecular formula is C14H16Cl2N2O2. The Balaban J connectivity index is 2.49. The Hall–Kier alpha value is -1.23. The predicted octanol–water partition coefficient (Wildman–Crippen LogP) is 3.69. The average Bonchev–Trinajstić information content (AvgIpc) is 2.84. The molecule has 1 N–H and O–H groups in total. The van der Waals surface area contributed by atoms with E-state index >= 15 is 0 Å². The van der Waals surface area contributed by atoms with Crippen LogP contribution in [0.1, 0.15) is 30.7 Å². The molecule has 1 aromatic heterocycles. The van der Waals surface area contributed by atoms with Gasteiger partial charge in [-0.1, -0.05) is 42.3 Å². The normalized spacial score (nSPS) is 12.4. The van der Waals surface area contributed by atoms with Gasteiger partial charge in [0.25, 0.3) is 0 Å². The van der Waals surface area contributed by atoms with Crippen molar-refractivity contribution < 1.29 is 9.84 Å². The summed E-state index contributed by atoms with van der Waals surface area (Å²) in [5, 5.41) is 15.6. The van der Waals surface area contributed by atoms with E-state index in [9.17, 15) is 5.11 Å². The molecule has 20 heavy (non-hydrogen) atoms. The first kappa shape index (κ1) is 15.2. The molecule has 1 unspecified atom stereocenters. The molecule has 1 aromatic carbocycles. The van der Waals surface area contributed by atoms with Crippen LogP contribution in [0.2, 0.25) is 10.0 Å². The average molecular weight is 315 g/mol. The molecule has 0 aliphatic rings. The third-order valence-electron chi connectivity index (χ3n) is 3.04. The minimum Gasteiger partial charge on any atom is -0.493 e. The van der Waals surface area contributed by atoms with Gasteiger partial charge in [-0.3, -0.25) is 4.68 Å². The van der Waals surface area contributed by atoms with Crippen molar-refractivity contribution in [3.05, 3.63) is 45.7 Å². The largest absolute Gasteiger partial charge is 0.493 e. The molecule has 0 spiro atoms. The van der Waals surface area contributed by atoms with E-state index in [0.29, 0.717) is 33.6 Å². The quantitative estimate of drug-likeness (QED) is 0.915. The van der Waals surface area contributed by atoms with Crippen molar-refractivity contribution in [2.24, 2.45) is 0 Å². The minimum absolute atomic E-state index is 0.341. The van der Waals surface area contributed by atoms with Crippen LogP contribution in [0.4, 0.5) is 0 Å². The number of aryl methyl sites for hydroxylation is 1. The van der Waals surface area contributed by atoms with E-state index in [1.54, 1.807) is 36.2 Å². The van der Waals surface area contributed by atoms with E-state index in [1.165, 1.54) is 0 Å². The standard InChI is InChI=1S/C14H16Cl2N2O2/c1-3-7-18-13(11(20-2)8-17-18)14(19)9-5-4-6-10(15)12(9)16/h4-6,8,14,19H,3,7H2,1-2H3. The van der Waals surface area contributed by atoms with Crippen molar-refractivity contribution in [3.8, 4) is 5.75 Å². The first-order valence-electron chi connectivity index (χ1n) is 6.31. The highest BCUT2D eigenvalue weighted by atomic mass is 35.5. The number of halogens is 2. The molecule has 0 aliphatic heterocycles. The number of hydrogen-bond donors (Lipinski definition) is 1. The van der Waals surface area contributed by atoms with Crippen molar-refractivity contribution in [2.45, 2.75) is 26.0 Å². The summed E-state index contributed by atoms with van der Waals surface area (Å²) < 4.78 is 6.99. The lowest BCUT2D eigenvalue weighted by Gasteiger charge is -2.16. The van der Waals surface area contributed by atoms with Crippen LogP contribution in [-0.4, -0.2) is 22.0 Å². The first-order valence-corrected chi connectivity index (χ1v) is 7.07. The van der Waals surface area contributed by atoms with Crippen LogP contribution in [0.25, 0.3) is 0 Å². The molecule has 1 heterocycles. The highest BCUT2D eigenvalue weighted by molar-refractivity contribution is 6.42. The van der Waals surface area contributed by atoms with E-state index in [0.717, 1.165) is 6.42 Å². The van der Waals surface area contributed by atoms with Gasteiger partial charge in [-0.05, 0) is 12.5 Å². The highest BCUT2D eigenvalue weighted by Crippen LogP contribution is 2.36. The molecule has 2 aromatic rings. The molecule has 0 saturated carbocycles. The van der Waals surface area contributed by atoms with Gasteiger partial charge in [-0.25, -0.2) is 0 Å². The number of rotatable bonds is 5. The maximum absolute atomic E-state index is 10.6. The van der Waals surface area contributed by atoms with Gasteiger partial charge in [-0.2, -0.15) is 5.10 Å². The lowest BCUT2D eigenvalue weighted by molar-refractivity contribution is 0.202. The number of methoxy groups -OCH3 is 1. The number of hydrogen-bond acceptors (Lipinski definition) is 3. The van der Waals surface area contributed by atoms with Gasteiger partial charge in [0.05, 0.1) is 23.4 Å². The summed E-state index contributed by atoms with van der Waals surface area (Å²) in [5.41, 5.74) is 1.12. The zero-order valence-corrected chi connectivity index (χ0v) is 12.8. The van der Waals surface area contributed by atoms with E-state index < -0.39 is 6.10 Å². The molecule has 108 valence electrons. The summed E-state index contributed by atoms with van der Waals surface area (Å²) in [6.07, 6.45) is 1.55. The molecule has 0 amide bonds. The van der Waals surface area contributed by atoms with E-state index in [2.05, 4.69) is 5.10 Å². The lowest BCUT2D eigenvalue weighted by Crippen LogP contribution is -2.11. The van der Waals surface area contributed by atoms with Gasteiger partial charge in [0.2, 0.25) is 0 Å². The number of ether oxygens (including phenoxy) is 1. The van der Waals surface area contributed by atoms with Crippen molar-refractivity contribution >= 4 is 23.2 Å². The number of aromatic nitrogens is 2. The Morgan fingerprint density at radius 1 is 1.40 bits per heavy atom. The smallest absolute Gasteiger partial charge is 0.163 e. The third kappa shape index (κ3) is 2.77. The van der Waals surface area contributed by atoms with Crippen LogP contribution in [0.5, 0.6) is 5.75 Å². The molecule has 4 nitrogen and oxygen atoms in total. The molecular weight excluding hydrogens is 299 g/mol. The van der Waals surface area contributed by atoms with Gasteiger partial charge >= 0.3 is 0 Å². The van der Waals surface area contributed by atoms with Crippen LogP contribution < -0.4 is 4.74 Å². The minimum atomic E-state index is -0.940. The molecule has 1 atom stereocenters. The van der Waals surface area contributed by atoms with Crippen molar-refractivity contribution in [1.82, 2.24) is 9.78 Å². The van der Waals surface area contributed by atoms with Gasteiger partial charge in [0.15, 0.2) is 5.75 Å². The summed E-state index contributed by atoms with van der Waals surface area (Å²) in [5.74, 6) is 0.530. The molecule has 0 fully saturated rings. The van der Waals surface area contributed by atoms with Crippen LogP contribution in [0, 0.1) is 0 Å². The second kappa shape index (κ2) is 6.48. The molecule has 6 heteroatoms. The fraction of sp³-hybridized carbons (Fsp3) is 0.357. The lowest BCUT2D eigenvalue weighted by atomic mass is 10.1. The zero-order chi connectivity index (χ0) is 14.7. The highest BCUT2D eigenvalue weighted by Gasteiger charge is 2.23. The number of aliphatic hydroxyl groups excluding tert-OH is 1. The number of nitrogens with zero attached hydrogens (tertiary/aromatic N) is 2. The summed E-state index contributed by atoms with van der Waals surface area (Å²) >= 11 is 12.2. The fourth-order valence-electron chi connectivity index (χ4n) is 2.08. The Morgan fingerprint density at radius 3 is 2.80 bits per heavy atom. The SMILES string of the molecule is CCCn1ncc(OC)c1C(O)c1cccc(Cl)c1Cl. The third-order valence-corrected chi connectivity index (χ3v) is 3.87. The second-order valence-electron chi connectivity index (χ2n) is 4.37. The Morgan fingerprint density at radius 2 is 2.15 bits per heavy atom. The predicted molar refractivity (Wildman–Crippen MR) is 79.6 cm³/mol. The van der Waals surface area contributed by atoms with Gasteiger partial charge in [-0.15, -0.1) is 0 Å². The zero-order valence-electron chi connectivity index (χ0n) is 11.3. The molecule has 0 radical (unpaired) electrons. The van der Waals surface area contributed by atoms with Gasteiger partial charge in [0.1, 0.15) is 11.8 Å². The molecule has 2 rings (SSSR count). The molecule has 0 bridgehead atoms. The Kier molecular flexibility index (Phi) is 4.91. The van der Waals surface area contributed by atoms with Crippen molar-refractivity contribution in [2.75, 3.05) is 7.11 Å². The van der Waals surface area contributed by atoms with Crippen molar-refractivity contribution in [3.63, 3.8) is 0 Å². The van der Waals surface area contributed by atoms with Crippen LogP contribution in [0.3, 0.4) is 0 Å². The van der Waals surface area contributed by atoms with Crippen molar-refractivity contribution in [1.29, 1.82) is 0 Å². The second-order valence-corrected chi connectivity index (χ2v) is 5.15. The summed E-state index contributed by atoms with van der Waals surface area (Å²) in [4.78, 5) is 0. The maximum atomic E-state index is 10.6. The van der Waals surface area contributed by atoms with E-state index in [-0.39, 0.29) is 0 Å². The molecule has 0 aliphatic carbocycles. The topological polar surface area (TPSA) is 47.3 Å². The van der Waals surface area contributed by atoms with E-state index in [1.807, 2.05) is 6.92 Å². The van der Waals surface area contributed by atoms with Crippen LogP contribution in [-0.2, 0) is 6.54 Å². The summed E-state index contributed by atoms with van der Waals surface area (Å²) in [6, 6.07) is 5.17. The Bertz CT molecular complexity index is 599. The van der Waals surface area contributed by atoms with Crippen LogP contribution >= 0.6 is 23.2 Å². The van der Waals surface area contributed by atoms with Crippen LogP contribution in [0.15, 0.2) is 24.4 Å². The van der Waals surface area contributed by atoms with E-state index in [4.69, 9.17) is 27.9 Å². The number of benzene rings is 1. The van der Waals surface area contributed by atoms with Gasteiger partial charge < -0.3 is 9.84 Å². The fourth-order valence-corrected chi connectivity index (χ4v) is 2.49. The summed E-state index contributed by atoms with van der Waals surface area (Å²) in [7, 11) is 1.54. The number of aliphatic hydroxyl groups is 1. The monoisotopic (exact) mass is 314 g/mol. The van der Waals surface area contributed by atoms with Gasteiger partial charge in [0, 0.05) is 12.1 Å².